The molecule has 2 unspecified atom stereocenters. The van der Waals surface area contributed by atoms with E-state index in [-0.39, 0.29) is 18.3 Å². The minimum atomic E-state index is -0.967. The van der Waals surface area contributed by atoms with Gasteiger partial charge < -0.3 is 15.2 Å². The van der Waals surface area contributed by atoms with E-state index in [4.69, 9.17) is 4.74 Å². The number of ether oxygens (including phenoxy) is 1. The van der Waals surface area contributed by atoms with Crippen molar-refractivity contribution >= 4 is 5.82 Å². The summed E-state index contributed by atoms with van der Waals surface area (Å²) in [4.78, 5) is 12.4. The van der Waals surface area contributed by atoms with Gasteiger partial charge in [0.05, 0.1) is 24.7 Å². The van der Waals surface area contributed by atoms with E-state index in [1.54, 1.807) is 19.2 Å². The van der Waals surface area contributed by atoms with E-state index in [2.05, 4.69) is 20.3 Å². The summed E-state index contributed by atoms with van der Waals surface area (Å²) in [5.74, 6) is 0.486. The molecule has 0 saturated heterocycles. The number of aliphatic hydroxyl groups excluding tert-OH is 1. The number of aromatic nitrogens is 3. The van der Waals surface area contributed by atoms with Gasteiger partial charge in [-0.1, -0.05) is 12.1 Å². The molecule has 3 aromatic rings. The molecule has 2 N–H and O–H groups in total. The maximum absolute atomic E-state index is 13.9. The Balaban J connectivity index is 1.55. The Morgan fingerprint density at radius 2 is 2.00 bits per heavy atom. The smallest absolute Gasteiger partial charge is 0.158 e. The van der Waals surface area contributed by atoms with Crippen LogP contribution in [0.15, 0.2) is 48.8 Å². The normalized spacial score (nSPS) is 21.2. The van der Waals surface area contributed by atoms with Crippen LogP contribution < -0.4 is 10.1 Å². The molecule has 0 amide bonds. The first-order valence-corrected chi connectivity index (χ1v) is 9.63. The van der Waals surface area contributed by atoms with E-state index in [0.29, 0.717) is 29.5 Å². The Kier molecular flexibility index (Phi) is 5.34. The second-order valence-electron chi connectivity index (χ2n) is 7.58. The monoisotopic (exact) mass is 412 g/mol. The number of aryl methyl sites for hydroxylation is 2. The van der Waals surface area contributed by atoms with Crippen molar-refractivity contribution in [3.8, 4) is 5.75 Å². The van der Waals surface area contributed by atoms with Gasteiger partial charge in [0.2, 0.25) is 0 Å². The van der Waals surface area contributed by atoms with Gasteiger partial charge in [0.15, 0.2) is 5.75 Å². The fourth-order valence-corrected chi connectivity index (χ4v) is 3.76. The second-order valence-corrected chi connectivity index (χ2v) is 7.58. The van der Waals surface area contributed by atoms with Crippen LogP contribution in [0.3, 0.4) is 0 Å². The van der Waals surface area contributed by atoms with Crippen molar-refractivity contribution in [1.29, 1.82) is 0 Å². The van der Waals surface area contributed by atoms with Crippen LogP contribution in [-0.4, -0.2) is 32.9 Å². The van der Waals surface area contributed by atoms with Gasteiger partial charge in [-0.05, 0) is 50.1 Å². The summed E-state index contributed by atoms with van der Waals surface area (Å²) in [7, 11) is 0. The van der Waals surface area contributed by atoms with Crippen molar-refractivity contribution in [3.05, 3.63) is 77.5 Å². The predicted octanol–water partition coefficient (Wildman–Crippen LogP) is 3.53. The van der Waals surface area contributed by atoms with Gasteiger partial charge in [0.1, 0.15) is 29.5 Å². The third-order valence-corrected chi connectivity index (χ3v) is 5.48. The highest BCUT2D eigenvalue weighted by atomic mass is 19.1. The molecule has 1 fully saturated rings. The molecule has 2 aromatic heterocycles. The van der Waals surface area contributed by atoms with E-state index in [1.807, 2.05) is 13.0 Å². The van der Waals surface area contributed by atoms with Gasteiger partial charge in [-0.15, -0.1) is 0 Å². The maximum Gasteiger partial charge on any atom is 0.158 e. The predicted molar refractivity (Wildman–Crippen MR) is 107 cm³/mol. The summed E-state index contributed by atoms with van der Waals surface area (Å²) in [6.45, 7) is 3.86. The molecule has 1 aliphatic carbocycles. The van der Waals surface area contributed by atoms with Gasteiger partial charge in [0, 0.05) is 11.3 Å². The zero-order valence-corrected chi connectivity index (χ0v) is 16.6. The average Bonchev–Trinajstić information content (AvgIpc) is 3.45. The molecular weight excluding hydrogens is 390 g/mol. The number of benzene rings is 1. The quantitative estimate of drug-likeness (QED) is 0.578. The van der Waals surface area contributed by atoms with Crippen molar-refractivity contribution < 1.29 is 18.6 Å². The number of nitrogens with zero attached hydrogens (tertiary/aromatic N) is 3. The number of hydrogen-bond donors (Lipinski definition) is 2. The maximum atomic E-state index is 13.9. The average molecular weight is 412 g/mol. The fraction of sp³-hybridized carbons (Fsp3) is 0.318. The third-order valence-electron chi connectivity index (χ3n) is 5.48. The van der Waals surface area contributed by atoms with Crippen molar-refractivity contribution in [2.75, 3.05) is 11.9 Å². The van der Waals surface area contributed by atoms with Gasteiger partial charge >= 0.3 is 0 Å². The number of anilines is 1. The number of pyridine rings is 1. The minimum Gasteiger partial charge on any atom is -0.489 e. The molecule has 3 atom stereocenters. The standard InChI is InChI=1S/C22H22F2N4O2/c1-13-19(11-25-14(2)27-13)30-12-22(15-4-3-5-16(23)8-15)9-18(22)21(29)28-20-7-6-17(24)10-26-20/h3-8,10-11,18,21,29H,9,12H2,1-2H3,(H,26,28)/t18?,21?,22-/m1/s1. The Morgan fingerprint density at radius 1 is 1.17 bits per heavy atom. The number of halogens is 2. The lowest BCUT2D eigenvalue weighted by Crippen LogP contribution is -2.30. The Labute approximate surface area is 173 Å². The van der Waals surface area contributed by atoms with Crippen LogP contribution in [0.2, 0.25) is 0 Å². The van der Waals surface area contributed by atoms with E-state index < -0.39 is 17.5 Å². The van der Waals surface area contributed by atoms with Crippen molar-refractivity contribution in [2.45, 2.75) is 31.9 Å². The summed E-state index contributed by atoms with van der Waals surface area (Å²) < 4.78 is 33.0. The van der Waals surface area contributed by atoms with Crippen LogP contribution in [-0.2, 0) is 5.41 Å². The van der Waals surface area contributed by atoms with Gasteiger partial charge in [-0.2, -0.15) is 0 Å². The van der Waals surface area contributed by atoms with E-state index in [9.17, 15) is 13.9 Å². The molecule has 30 heavy (non-hydrogen) atoms. The first kappa shape index (κ1) is 20.2. The molecule has 1 aliphatic rings. The number of hydrogen-bond acceptors (Lipinski definition) is 6. The van der Waals surface area contributed by atoms with Crippen LogP contribution in [0.4, 0.5) is 14.6 Å². The van der Waals surface area contributed by atoms with Gasteiger partial charge in [-0.3, -0.25) is 0 Å². The molecular formula is C22H22F2N4O2. The lowest BCUT2D eigenvalue weighted by atomic mass is 9.93. The summed E-state index contributed by atoms with van der Waals surface area (Å²) in [5, 5.41) is 13.6. The molecule has 1 aromatic carbocycles. The van der Waals surface area contributed by atoms with Crippen molar-refractivity contribution in [2.24, 2.45) is 5.92 Å². The molecule has 2 heterocycles. The summed E-state index contributed by atoms with van der Waals surface area (Å²) >= 11 is 0. The molecule has 0 aliphatic heterocycles. The Hall–Kier alpha value is -3.13. The largest absolute Gasteiger partial charge is 0.489 e. The van der Waals surface area contributed by atoms with E-state index >= 15 is 0 Å². The molecule has 0 radical (unpaired) electrons. The number of rotatable bonds is 7. The SMILES string of the molecule is Cc1ncc(OC[C@@]2(c3cccc(F)c3)CC2C(O)Nc2ccc(F)cn2)c(C)n1. The molecule has 156 valence electrons. The Morgan fingerprint density at radius 3 is 2.70 bits per heavy atom. The van der Waals surface area contributed by atoms with Crippen LogP contribution in [0, 0.1) is 31.4 Å². The molecule has 6 nitrogen and oxygen atoms in total. The molecule has 8 heteroatoms. The first-order chi connectivity index (χ1) is 14.4. The third kappa shape index (κ3) is 4.09. The summed E-state index contributed by atoms with van der Waals surface area (Å²) in [5.41, 5.74) is 0.862. The van der Waals surface area contributed by atoms with Crippen LogP contribution >= 0.6 is 0 Å². The molecule has 4 rings (SSSR count). The van der Waals surface area contributed by atoms with Crippen molar-refractivity contribution in [3.63, 3.8) is 0 Å². The van der Waals surface area contributed by atoms with Crippen molar-refractivity contribution in [1.82, 2.24) is 15.0 Å². The lowest BCUT2D eigenvalue weighted by molar-refractivity contribution is 0.155. The second kappa shape index (κ2) is 7.95. The highest BCUT2D eigenvalue weighted by Gasteiger charge is 2.59. The Bertz CT molecular complexity index is 1050. The highest BCUT2D eigenvalue weighted by Crippen LogP contribution is 2.56. The lowest BCUT2D eigenvalue weighted by Gasteiger charge is -2.22. The molecule has 0 bridgehead atoms. The summed E-state index contributed by atoms with van der Waals surface area (Å²) in [6, 6.07) is 9.03. The summed E-state index contributed by atoms with van der Waals surface area (Å²) in [6.07, 6.45) is 2.30. The van der Waals surface area contributed by atoms with E-state index in [1.165, 1.54) is 24.3 Å². The van der Waals surface area contributed by atoms with Crippen LogP contribution in [0.25, 0.3) is 0 Å². The topological polar surface area (TPSA) is 80.2 Å². The number of nitrogens with one attached hydrogen (secondary N) is 1. The van der Waals surface area contributed by atoms with Gasteiger partial charge in [-0.25, -0.2) is 23.7 Å². The zero-order valence-electron chi connectivity index (χ0n) is 16.6. The van der Waals surface area contributed by atoms with E-state index in [0.717, 1.165) is 11.8 Å². The highest BCUT2D eigenvalue weighted by molar-refractivity contribution is 5.40. The van der Waals surface area contributed by atoms with Crippen LogP contribution in [0.5, 0.6) is 5.75 Å². The van der Waals surface area contributed by atoms with Crippen LogP contribution in [0.1, 0.15) is 23.5 Å². The molecule has 1 saturated carbocycles. The minimum absolute atomic E-state index is 0.226. The van der Waals surface area contributed by atoms with Gasteiger partial charge in [0.25, 0.3) is 0 Å². The first-order valence-electron chi connectivity index (χ1n) is 9.63. The molecule has 0 spiro atoms. The fourth-order valence-electron chi connectivity index (χ4n) is 3.76. The zero-order chi connectivity index (χ0) is 21.3. The number of aliphatic hydroxyl groups is 1.